The Morgan fingerprint density at radius 3 is 2.93 bits per heavy atom. The molecule has 1 aromatic rings. The number of hydrogen-bond donors (Lipinski definition) is 2. The monoisotopic (exact) mass is 269 g/mol. The lowest BCUT2D eigenvalue weighted by molar-refractivity contribution is 0.259. The number of pyridine rings is 1. The SMILES string of the molecule is NNC(CC1CCC1)c1ncccc1Br. The van der Waals surface area contributed by atoms with E-state index in [2.05, 4.69) is 26.3 Å². The lowest BCUT2D eigenvalue weighted by atomic mass is 9.80. The molecule has 82 valence electrons. The summed E-state index contributed by atoms with van der Waals surface area (Å²) in [6.45, 7) is 0. The number of halogens is 1. The lowest BCUT2D eigenvalue weighted by Crippen LogP contribution is -2.31. The third kappa shape index (κ3) is 2.56. The quantitative estimate of drug-likeness (QED) is 0.653. The summed E-state index contributed by atoms with van der Waals surface area (Å²) >= 11 is 3.51. The van der Waals surface area contributed by atoms with Gasteiger partial charge in [-0.05, 0) is 40.4 Å². The molecule has 1 aliphatic carbocycles. The van der Waals surface area contributed by atoms with Gasteiger partial charge in [-0.25, -0.2) is 0 Å². The predicted octanol–water partition coefficient (Wildman–Crippen LogP) is 2.54. The van der Waals surface area contributed by atoms with Crippen LogP contribution in [0.5, 0.6) is 0 Å². The van der Waals surface area contributed by atoms with Gasteiger partial charge in [0.2, 0.25) is 0 Å². The van der Waals surface area contributed by atoms with E-state index >= 15 is 0 Å². The first kappa shape index (κ1) is 11.0. The maximum Gasteiger partial charge on any atom is 0.0728 e. The summed E-state index contributed by atoms with van der Waals surface area (Å²) in [5.41, 5.74) is 3.89. The topological polar surface area (TPSA) is 50.9 Å². The summed E-state index contributed by atoms with van der Waals surface area (Å²) in [6, 6.07) is 4.10. The van der Waals surface area contributed by atoms with Gasteiger partial charge in [0.1, 0.15) is 0 Å². The van der Waals surface area contributed by atoms with Crippen molar-refractivity contribution in [2.75, 3.05) is 0 Å². The van der Waals surface area contributed by atoms with Crippen LogP contribution in [0.3, 0.4) is 0 Å². The highest BCUT2D eigenvalue weighted by atomic mass is 79.9. The number of hydrazine groups is 1. The average molecular weight is 270 g/mol. The zero-order chi connectivity index (χ0) is 10.7. The van der Waals surface area contributed by atoms with Gasteiger partial charge in [0.05, 0.1) is 11.7 Å². The Bertz CT molecular complexity index is 325. The maximum absolute atomic E-state index is 5.59. The molecule has 1 heterocycles. The molecule has 1 unspecified atom stereocenters. The third-order valence-corrected chi connectivity index (χ3v) is 3.78. The molecule has 3 N–H and O–H groups in total. The van der Waals surface area contributed by atoms with Crippen LogP contribution in [0, 0.1) is 5.92 Å². The van der Waals surface area contributed by atoms with Gasteiger partial charge in [-0.15, -0.1) is 0 Å². The fraction of sp³-hybridized carbons (Fsp3) is 0.545. The minimum atomic E-state index is 0.172. The minimum absolute atomic E-state index is 0.172. The van der Waals surface area contributed by atoms with Gasteiger partial charge in [0, 0.05) is 10.7 Å². The van der Waals surface area contributed by atoms with Crippen LogP contribution < -0.4 is 11.3 Å². The van der Waals surface area contributed by atoms with Crippen molar-refractivity contribution in [2.24, 2.45) is 11.8 Å². The van der Waals surface area contributed by atoms with Crippen molar-refractivity contribution >= 4 is 15.9 Å². The van der Waals surface area contributed by atoms with E-state index < -0.39 is 0 Å². The molecule has 0 radical (unpaired) electrons. The molecule has 15 heavy (non-hydrogen) atoms. The Morgan fingerprint density at radius 1 is 1.60 bits per heavy atom. The molecule has 0 aliphatic heterocycles. The molecule has 1 fully saturated rings. The van der Waals surface area contributed by atoms with E-state index in [1.54, 1.807) is 0 Å². The number of nitrogens with two attached hydrogens (primary N) is 1. The van der Waals surface area contributed by atoms with Crippen molar-refractivity contribution in [1.82, 2.24) is 10.4 Å². The lowest BCUT2D eigenvalue weighted by Gasteiger charge is -2.29. The molecule has 1 atom stereocenters. The van der Waals surface area contributed by atoms with Crippen LogP contribution in [0.2, 0.25) is 0 Å². The fourth-order valence-corrected chi connectivity index (χ4v) is 2.51. The molecule has 0 bridgehead atoms. The van der Waals surface area contributed by atoms with Crippen molar-refractivity contribution < 1.29 is 0 Å². The molecular weight excluding hydrogens is 254 g/mol. The normalized spacial score (nSPS) is 18.5. The molecule has 0 saturated heterocycles. The average Bonchev–Trinajstić information content (AvgIpc) is 2.19. The Morgan fingerprint density at radius 2 is 2.40 bits per heavy atom. The van der Waals surface area contributed by atoms with Crippen LogP contribution in [-0.2, 0) is 0 Å². The molecular formula is C11H16BrN3. The first-order valence-corrected chi connectivity index (χ1v) is 6.17. The molecule has 3 nitrogen and oxygen atoms in total. The van der Waals surface area contributed by atoms with Crippen LogP contribution in [0.4, 0.5) is 0 Å². The van der Waals surface area contributed by atoms with Crippen LogP contribution in [0.25, 0.3) is 0 Å². The summed E-state index contributed by atoms with van der Waals surface area (Å²) in [5, 5.41) is 0. The Hall–Kier alpha value is -0.450. The Balaban J connectivity index is 2.07. The second-order valence-corrected chi connectivity index (χ2v) is 4.98. The van der Waals surface area contributed by atoms with Gasteiger partial charge in [-0.2, -0.15) is 0 Å². The van der Waals surface area contributed by atoms with E-state index in [1.165, 1.54) is 19.3 Å². The molecule has 2 rings (SSSR count). The summed E-state index contributed by atoms with van der Waals surface area (Å²) < 4.78 is 1.03. The first-order valence-electron chi connectivity index (χ1n) is 5.38. The second-order valence-electron chi connectivity index (χ2n) is 4.12. The van der Waals surface area contributed by atoms with Crippen molar-refractivity contribution in [2.45, 2.75) is 31.7 Å². The zero-order valence-electron chi connectivity index (χ0n) is 8.62. The summed E-state index contributed by atoms with van der Waals surface area (Å²) in [5.74, 6) is 6.41. The number of aromatic nitrogens is 1. The fourth-order valence-electron chi connectivity index (χ4n) is 1.97. The Kier molecular flexibility index (Phi) is 3.72. The van der Waals surface area contributed by atoms with Crippen LogP contribution in [0.1, 0.15) is 37.4 Å². The molecule has 0 spiro atoms. The van der Waals surface area contributed by atoms with E-state index in [4.69, 9.17) is 5.84 Å². The van der Waals surface area contributed by atoms with Crippen molar-refractivity contribution in [3.05, 3.63) is 28.5 Å². The van der Waals surface area contributed by atoms with Gasteiger partial charge >= 0.3 is 0 Å². The first-order chi connectivity index (χ1) is 7.31. The van der Waals surface area contributed by atoms with Gasteiger partial charge < -0.3 is 0 Å². The smallest absolute Gasteiger partial charge is 0.0728 e. The number of nitrogens with zero attached hydrogens (tertiary/aromatic N) is 1. The van der Waals surface area contributed by atoms with Crippen molar-refractivity contribution in [1.29, 1.82) is 0 Å². The largest absolute Gasteiger partial charge is 0.271 e. The van der Waals surface area contributed by atoms with Gasteiger partial charge in [0.25, 0.3) is 0 Å². The van der Waals surface area contributed by atoms with E-state index in [0.29, 0.717) is 0 Å². The van der Waals surface area contributed by atoms with E-state index in [9.17, 15) is 0 Å². The molecule has 1 aliphatic rings. The molecule has 0 amide bonds. The van der Waals surface area contributed by atoms with Crippen LogP contribution >= 0.6 is 15.9 Å². The minimum Gasteiger partial charge on any atom is -0.271 e. The summed E-state index contributed by atoms with van der Waals surface area (Å²) in [7, 11) is 0. The van der Waals surface area contributed by atoms with E-state index in [1.807, 2.05) is 18.3 Å². The molecule has 1 aromatic heterocycles. The van der Waals surface area contributed by atoms with E-state index in [-0.39, 0.29) is 6.04 Å². The van der Waals surface area contributed by atoms with E-state index in [0.717, 1.165) is 22.5 Å². The molecule has 1 saturated carbocycles. The summed E-state index contributed by atoms with van der Waals surface area (Å²) in [6.07, 6.45) is 6.94. The van der Waals surface area contributed by atoms with Crippen LogP contribution in [-0.4, -0.2) is 4.98 Å². The van der Waals surface area contributed by atoms with Gasteiger partial charge in [-0.3, -0.25) is 16.3 Å². The molecule has 0 aromatic carbocycles. The standard InChI is InChI=1S/C11H16BrN3/c12-9-5-2-6-14-11(9)10(15-13)7-8-3-1-4-8/h2,5-6,8,10,15H,1,3-4,7,13H2. The highest BCUT2D eigenvalue weighted by molar-refractivity contribution is 9.10. The van der Waals surface area contributed by atoms with Gasteiger partial charge in [-0.1, -0.05) is 19.3 Å². The van der Waals surface area contributed by atoms with Crippen molar-refractivity contribution in [3.63, 3.8) is 0 Å². The summed E-state index contributed by atoms with van der Waals surface area (Å²) in [4.78, 5) is 4.37. The third-order valence-electron chi connectivity index (χ3n) is 3.11. The van der Waals surface area contributed by atoms with Crippen molar-refractivity contribution in [3.8, 4) is 0 Å². The highest BCUT2D eigenvalue weighted by Crippen LogP contribution is 2.35. The zero-order valence-corrected chi connectivity index (χ0v) is 10.2. The van der Waals surface area contributed by atoms with Gasteiger partial charge in [0.15, 0.2) is 0 Å². The van der Waals surface area contributed by atoms with Crippen LogP contribution in [0.15, 0.2) is 22.8 Å². The number of hydrogen-bond acceptors (Lipinski definition) is 3. The molecule has 4 heteroatoms. The maximum atomic E-state index is 5.59. The predicted molar refractivity (Wildman–Crippen MR) is 64.0 cm³/mol. The second kappa shape index (κ2) is 5.05. The highest BCUT2D eigenvalue weighted by Gasteiger charge is 2.24. The number of rotatable bonds is 4. The Labute approximate surface area is 98.6 Å². The number of nitrogens with one attached hydrogen (secondary N) is 1.